The lowest BCUT2D eigenvalue weighted by atomic mass is 9.91. The number of hydrogen-bond donors (Lipinski definition) is 0. The zero-order chi connectivity index (χ0) is 12.6. The molecule has 16 heavy (non-hydrogen) atoms. The highest BCUT2D eigenvalue weighted by atomic mass is 16.1. The van der Waals surface area contributed by atoms with Gasteiger partial charge < -0.3 is 0 Å². The summed E-state index contributed by atoms with van der Waals surface area (Å²) in [6.07, 6.45) is 12.5. The Balaban J connectivity index is 3.97. The maximum Gasteiger partial charge on any atom is 0.160 e. The Bertz CT molecular complexity index is 285. The maximum atomic E-state index is 11.5. The minimum atomic E-state index is -0.280. The summed E-state index contributed by atoms with van der Waals surface area (Å²) in [5.74, 6) is 0.853. The third-order valence-electron chi connectivity index (χ3n) is 2.06. The van der Waals surface area contributed by atoms with E-state index in [1.165, 1.54) is 0 Å². The van der Waals surface area contributed by atoms with Crippen molar-refractivity contribution < 1.29 is 4.79 Å². The third-order valence-corrected chi connectivity index (χ3v) is 2.06. The summed E-state index contributed by atoms with van der Waals surface area (Å²) in [6.45, 7) is 10.1. The van der Waals surface area contributed by atoms with Crippen LogP contribution >= 0.6 is 0 Å². The zero-order valence-corrected chi connectivity index (χ0v) is 11.2. The molecular formula is C15H24O. The van der Waals surface area contributed by atoms with Gasteiger partial charge >= 0.3 is 0 Å². The van der Waals surface area contributed by atoms with Gasteiger partial charge in [0.15, 0.2) is 5.78 Å². The van der Waals surface area contributed by atoms with E-state index in [-0.39, 0.29) is 11.2 Å². The van der Waals surface area contributed by atoms with Crippen molar-refractivity contribution in [3.63, 3.8) is 0 Å². The Morgan fingerprint density at radius 1 is 1.06 bits per heavy atom. The number of allylic oxidation sites excluding steroid dienone is 6. The van der Waals surface area contributed by atoms with Gasteiger partial charge in [-0.1, -0.05) is 65.0 Å². The molecule has 1 nitrogen and oxygen atoms in total. The normalized spacial score (nSPS) is 13.6. The Hall–Kier alpha value is -1.11. The molecular weight excluding hydrogens is 196 g/mol. The molecule has 0 atom stereocenters. The van der Waals surface area contributed by atoms with Crippen LogP contribution in [0.2, 0.25) is 0 Å². The molecule has 0 aromatic rings. The molecule has 0 aliphatic heterocycles. The number of carbonyl (C=O) groups excluding carboxylic acids is 1. The Morgan fingerprint density at radius 3 is 2.12 bits per heavy atom. The molecule has 0 fully saturated rings. The van der Waals surface area contributed by atoms with Crippen LogP contribution < -0.4 is 0 Å². The topological polar surface area (TPSA) is 17.1 Å². The van der Waals surface area contributed by atoms with Crippen molar-refractivity contribution in [3.8, 4) is 0 Å². The van der Waals surface area contributed by atoms with E-state index in [4.69, 9.17) is 0 Å². The lowest BCUT2D eigenvalue weighted by molar-refractivity contribution is -0.121. The number of carbonyl (C=O) groups is 1. The van der Waals surface area contributed by atoms with Gasteiger partial charge in [-0.05, 0) is 18.4 Å². The van der Waals surface area contributed by atoms with Gasteiger partial charge in [0, 0.05) is 5.41 Å². The molecule has 0 spiro atoms. The molecule has 0 saturated heterocycles. The monoisotopic (exact) mass is 220 g/mol. The molecule has 1 heteroatoms. The summed E-state index contributed by atoms with van der Waals surface area (Å²) in [4.78, 5) is 11.5. The zero-order valence-electron chi connectivity index (χ0n) is 11.2. The Labute approximate surface area is 99.9 Å². The molecule has 0 rings (SSSR count). The second-order valence-electron chi connectivity index (χ2n) is 5.42. The van der Waals surface area contributed by atoms with Crippen molar-refractivity contribution in [2.24, 2.45) is 11.3 Å². The standard InChI is InChI=1S/C15H24O/c1-13(2)11-9-7-6-8-10-12-14(16)15(3,4)5/h6-10,12-13H,11H2,1-5H3/b8-6+,9-7+,12-10+. The minimum Gasteiger partial charge on any atom is -0.294 e. The second-order valence-corrected chi connectivity index (χ2v) is 5.42. The molecule has 0 aliphatic carbocycles. The first-order chi connectivity index (χ1) is 7.34. The number of ketones is 1. The fourth-order valence-electron chi connectivity index (χ4n) is 0.951. The van der Waals surface area contributed by atoms with E-state index in [0.29, 0.717) is 5.92 Å². The first-order valence-corrected chi connectivity index (χ1v) is 5.88. The van der Waals surface area contributed by atoms with Gasteiger partial charge in [0.1, 0.15) is 0 Å². The summed E-state index contributed by atoms with van der Waals surface area (Å²) in [5.41, 5.74) is -0.280. The van der Waals surface area contributed by atoms with E-state index >= 15 is 0 Å². The average molecular weight is 220 g/mol. The lowest BCUT2D eigenvalue weighted by Gasteiger charge is -2.12. The number of rotatable bonds is 5. The SMILES string of the molecule is CC(C)C/C=C/C=C/C=C/C(=O)C(C)(C)C. The molecule has 0 saturated carbocycles. The first kappa shape index (κ1) is 14.9. The van der Waals surface area contributed by atoms with E-state index in [0.717, 1.165) is 6.42 Å². The predicted molar refractivity (Wildman–Crippen MR) is 71.3 cm³/mol. The van der Waals surface area contributed by atoms with E-state index in [2.05, 4.69) is 19.9 Å². The van der Waals surface area contributed by atoms with Crippen molar-refractivity contribution in [1.82, 2.24) is 0 Å². The van der Waals surface area contributed by atoms with E-state index in [9.17, 15) is 4.79 Å². The molecule has 0 bridgehead atoms. The van der Waals surface area contributed by atoms with Crippen LogP contribution in [0.4, 0.5) is 0 Å². The summed E-state index contributed by atoms with van der Waals surface area (Å²) in [7, 11) is 0. The molecule has 0 N–H and O–H groups in total. The second kappa shape index (κ2) is 7.21. The highest BCUT2D eigenvalue weighted by Gasteiger charge is 2.17. The van der Waals surface area contributed by atoms with E-state index in [1.807, 2.05) is 39.0 Å². The molecule has 90 valence electrons. The van der Waals surface area contributed by atoms with E-state index < -0.39 is 0 Å². The van der Waals surface area contributed by atoms with Crippen LogP contribution in [0.3, 0.4) is 0 Å². The largest absolute Gasteiger partial charge is 0.294 e. The van der Waals surface area contributed by atoms with Crippen molar-refractivity contribution in [1.29, 1.82) is 0 Å². The fraction of sp³-hybridized carbons (Fsp3) is 0.533. The van der Waals surface area contributed by atoms with Crippen molar-refractivity contribution in [3.05, 3.63) is 36.5 Å². The molecule has 0 amide bonds. The van der Waals surface area contributed by atoms with Crippen molar-refractivity contribution in [2.45, 2.75) is 41.0 Å². The fourth-order valence-corrected chi connectivity index (χ4v) is 0.951. The van der Waals surface area contributed by atoms with Gasteiger partial charge in [0.25, 0.3) is 0 Å². The molecule has 0 heterocycles. The van der Waals surface area contributed by atoms with Gasteiger partial charge in [0.2, 0.25) is 0 Å². The molecule has 0 aromatic heterocycles. The third kappa shape index (κ3) is 8.22. The van der Waals surface area contributed by atoms with Crippen LogP contribution in [0.15, 0.2) is 36.5 Å². The Kier molecular flexibility index (Phi) is 6.71. The highest BCUT2D eigenvalue weighted by molar-refractivity contribution is 5.94. The summed E-state index contributed by atoms with van der Waals surface area (Å²) < 4.78 is 0. The first-order valence-electron chi connectivity index (χ1n) is 5.88. The smallest absolute Gasteiger partial charge is 0.160 e. The van der Waals surface area contributed by atoms with Gasteiger partial charge in [-0.3, -0.25) is 4.79 Å². The maximum absolute atomic E-state index is 11.5. The van der Waals surface area contributed by atoms with Gasteiger partial charge in [-0.15, -0.1) is 0 Å². The molecule has 0 radical (unpaired) electrons. The van der Waals surface area contributed by atoms with Gasteiger partial charge in [0.05, 0.1) is 0 Å². The summed E-state index contributed by atoms with van der Waals surface area (Å²) in [6, 6.07) is 0. The molecule has 0 aromatic carbocycles. The van der Waals surface area contributed by atoms with Crippen LogP contribution in [0, 0.1) is 11.3 Å². The predicted octanol–water partition coefficient (Wildman–Crippen LogP) is 4.32. The van der Waals surface area contributed by atoms with Crippen LogP contribution in [-0.4, -0.2) is 5.78 Å². The summed E-state index contributed by atoms with van der Waals surface area (Å²) in [5, 5.41) is 0. The number of hydrogen-bond acceptors (Lipinski definition) is 1. The quantitative estimate of drug-likeness (QED) is 0.498. The van der Waals surface area contributed by atoms with Crippen LogP contribution in [-0.2, 0) is 4.79 Å². The minimum absolute atomic E-state index is 0.156. The Morgan fingerprint density at radius 2 is 1.62 bits per heavy atom. The van der Waals surface area contributed by atoms with E-state index in [1.54, 1.807) is 12.2 Å². The van der Waals surface area contributed by atoms with Crippen LogP contribution in [0.25, 0.3) is 0 Å². The highest BCUT2D eigenvalue weighted by Crippen LogP contribution is 2.14. The lowest BCUT2D eigenvalue weighted by Crippen LogP contribution is -2.17. The summed E-state index contributed by atoms with van der Waals surface area (Å²) >= 11 is 0. The van der Waals surface area contributed by atoms with Crippen LogP contribution in [0.5, 0.6) is 0 Å². The van der Waals surface area contributed by atoms with Gasteiger partial charge in [-0.25, -0.2) is 0 Å². The van der Waals surface area contributed by atoms with Crippen molar-refractivity contribution >= 4 is 5.78 Å². The van der Waals surface area contributed by atoms with Crippen LogP contribution in [0.1, 0.15) is 41.0 Å². The molecule has 0 aliphatic rings. The molecule has 0 unspecified atom stereocenters. The average Bonchev–Trinajstić information content (AvgIpc) is 2.14. The van der Waals surface area contributed by atoms with Crippen molar-refractivity contribution in [2.75, 3.05) is 0 Å². The van der Waals surface area contributed by atoms with Gasteiger partial charge in [-0.2, -0.15) is 0 Å².